The first-order valence-corrected chi connectivity index (χ1v) is 7.36. The molecule has 1 saturated heterocycles. The molecule has 136 valence electrons. The van der Waals surface area contributed by atoms with Gasteiger partial charge in [0.05, 0.1) is 5.56 Å². The molecule has 24 heavy (non-hydrogen) atoms. The summed E-state index contributed by atoms with van der Waals surface area (Å²) in [4.78, 5) is 12.1. The van der Waals surface area contributed by atoms with E-state index < -0.39 is 24.5 Å². The summed E-state index contributed by atoms with van der Waals surface area (Å²) in [6, 6.07) is 2.95. The molecule has 1 aliphatic heterocycles. The van der Waals surface area contributed by atoms with E-state index in [4.69, 9.17) is 0 Å². The van der Waals surface area contributed by atoms with Crippen molar-refractivity contribution in [2.75, 3.05) is 19.7 Å². The van der Waals surface area contributed by atoms with Gasteiger partial charge in [-0.25, -0.2) is 4.39 Å². The maximum Gasteiger partial charge on any atom is 0.422 e. The average Bonchev–Trinajstić information content (AvgIpc) is 2.51. The summed E-state index contributed by atoms with van der Waals surface area (Å²) in [6.45, 7) is -0.350. The minimum absolute atomic E-state index is 0. The summed E-state index contributed by atoms with van der Waals surface area (Å²) in [5.74, 6) is -1.67. The highest BCUT2D eigenvalue weighted by Crippen LogP contribution is 2.23. The Balaban J connectivity index is 0.00000288. The third-order valence-corrected chi connectivity index (χ3v) is 3.50. The molecule has 0 bridgehead atoms. The highest BCUT2D eigenvalue weighted by molar-refractivity contribution is 5.96. The van der Waals surface area contributed by atoms with Crippen LogP contribution in [0.5, 0.6) is 5.75 Å². The lowest BCUT2D eigenvalue weighted by atomic mass is 10.0. The van der Waals surface area contributed by atoms with Crippen LogP contribution in [0.3, 0.4) is 0 Å². The quantitative estimate of drug-likeness (QED) is 0.783. The van der Waals surface area contributed by atoms with Crippen LogP contribution in [0.1, 0.15) is 29.6 Å². The molecule has 1 aromatic rings. The second-order valence-corrected chi connectivity index (χ2v) is 5.40. The van der Waals surface area contributed by atoms with E-state index in [1.807, 2.05) is 0 Å². The normalized spacial score (nSPS) is 17.8. The first kappa shape index (κ1) is 20.5. The average molecular weight is 371 g/mol. The lowest BCUT2D eigenvalue weighted by Gasteiger charge is -2.23. The zero-order valence-electron chi connectivity index (χ0n) is 12.8. The van der Waals surface area contributed by atoms with E-state index in [9.17, 15) is 22.4 Å². The fourth-order valence-electron chi connectivity index (χ4n) is 2.37. The number of ether oxygens (including phenoxy) is 1. The van der Waals surface area contributed by atoms with E-state index in [0.29, 0.717) is 6.54 Å². The van der Waals surface area contributed by atoms with E-state index in [0.717, 1.165) is 44.0 Å². The molecular weight excluding hydrogens is 352 g/mol. The van der Waals surface area contributed by atoms with Crippen molar-refractivity contribution in [3.8, 4) is 5.75 Å². The smallest absolute Gasteiger partial charge is 0.422 e. The third-order valence-electron chi connectivity index (χ3n) is 3.50. The molecule has 0 radical (unpaired) electrons. The first-order valence-electron chi connectivity index (χ1n) is 7.36. The molecule has 2 rings (SSSR count). The van der Waals surface area contributed by atoms with Crippen molar-refractivity contribution < 1.29 is 27.1 Å². The highest BCUT2D eigenvalue weighted by atomic mass is 35.5. The number of amides is 1. The van der Waals surface area contributed by atoms with Crippen molar-refractivity contribution in [2.45, 2.75) is 31.5 Å². The van der Waals surface area contributed by atoms with Crippen LogP contribution in [0.4, 0.5) is 17.6 Å². The number of hydrogen-bond acceptors (Lipinski definition) is 3. The zero-order chi connectivity index (χ0) is 16.9. The molecule has 0 saturated carbocycles. The Bertz CT molecular complexity index is 549. The van der Waals surface area contributed by atoms with Gasteiger partial charge in [-0.05, 0) is 37.6 Å². The highest BCUT2D eigenvalue weighted by Gasteiger charge is 2.29. The van der Waals surface area contributed by atoms with Crippen molar-refractivity contribution in [1.29, 1.82) is 0 Å². The molecule has 1 unspecified atom stereocenters. The molecule has 1 heterocycles. The van der Waals surface area contributed by atoms with Crippen LogP contribution in [0.2, 0.25) is 0 Å². The Hall–Kier alpha value is -1.54. The van der Waals surface area contributed by atoms with Gasteiger partial charge in [0.1, 0.15) is 11.6 Å². The van der Waals surface area contributed by atoms with E-state index in [-0.39, 0.29) is 29.8 Å². The SMILES string of the molecule is Cl.O=C(NCC1CCCCN1)c1cc(F)ccc1OCC(F)(F)F. The molecule has 4 nitrogen and oxygen atoms in total. The van der Waals surface area contributed by atoms with E-state index in [1.165, 1.54) is 0 Å². The predicted octanol–water partition coefficient (Wildman–Crippen LogP) is 3.06. The van der Waals surface area contributed by atoms with Crippen molar-refractivity contribution in [3.63, 3.8) is 0 Å². The molecular formula is C15H19ClF4N2O2. The van der Waals surface area contributed by atoms with E-state index in [1.54, 1.807) is 0 Å². The summed E-state index contributed by atoms with van der Waals surface area (Å²) in [5.41, 5.74) is -0.245. The summed E-state index contributed by atoms with van der Waals surface area (Å²) in [7, 11) is 0. The number of hydrogen-bond donors (Lipinski definition) is 2. The van der Waals surface area contributed by atoms with Gasteiger partial charge in [0.25, 0.3) is 5.91 Å². The molecule has 1 amide bonds. The van der Waals surface area contributed by atoms with Gasteiger partial charge in [0, 0.05) is 12.6 Å². The van der Waals surface area contributed by atoms with Gasteiger partial charge in [-0.15, -0.1) is 12.4 Å². The topological polar surface area (TPSA) is 50.4 Å². The Kier molecular flexibility index (Phi) is 7.75. The lowest BCUT2D eigenvalue weighted by molar-refractivity contribution is -0.153. The van der Waals surface area contributed by atoms with Crippen molar-refractivity contribution in [1.82, 2.24) is 10.6 Å². The fourth-order valence-corrected chi connectivity index (χ4v) is 2.37. The van der Waals surface area contributed by atoms with Crippen molar-refractivity contribution >= 4 is 18.3 Å². The maximum absolute atomic E-state index is 13.3. The molecule has 0 aromatic heterocycles. The van der Waals surface area contributed by atoms with Crippen LogP contribution in [0.25, 0.3) is 0 Å². The number of piperidine rings is 1. The van der Waals surface area contributed by atoms with Crippen LogP contribution in [0, 0.1) is 5.82 Å². The minimum Gasteiger partial charge on any atom is -0.483 e. The fraction of sp³-hybridized carbons (Fsp3) is 0.533. The lowest BCUT2D eigenvalue weighted by Crippen LogP contribution is -2.43. The number of nitrogens with one attached hydrogen (secondary N) is 2. The summed E-state index contributed by atoms with van der Waals surface area (Å²) >= 11 is 0. The second kappa shape index (κ2) is 9.08. The van der Waals surface area contributed by atoms with Gasteiger partial charge in [0.2, 0.25) is 0 Å². The molecule has 1 aromatic carbocycles. The number of carbonyl (C=O) groups is 1. The van der Waals surface area contributed by atoms with Crippen LogP contribution < -0.4 is 15.4 Å². The number of carbonyl (C=O) groups excluding carboxylic acids is 1. The van der Waals surface area contributed by atoms with E-state index >= 15 is 0 Å². The van der Waals surface area contributed by atoms with Gasteiger partial charge >= 0.3 is 6.18 Å². The second-order valence-electron chi connectivity index (χ2n) is 5.40. The van der Waals surface area contributed by atoms with Gasteiger partial charge in [0.15, 0.2) is 6.61 Å². The molecule has 0 aliphatic carbocycles. The van der Waals surface area contributed by atoms with E-state index in [2.05, 4.69) is 15.4 Å². The van der Waals surface area contributed by atoms with Crippen LogP contribution in [-0.2, 0) is 0 Å². The van der Waals surface area contributed by atoms with Gasteiger partial charge in [-0.1, -0.05) is 6.42 Å². The molecule has 1 fully saturated rings. The Morgan fingerprint density at radius 2 is 2.08 bits per heavy atom. The van der Waals surface area contributed by atoms with Crippen LogP contribution in [-0.4, -0.2) is 37.8 Å². The monoisotopic (exact) mass is 370 g/mol. The van der Waals surface area contributed by atoms with Gasteiger partial charge in [-0.3, -0.25) is 4.79 Å². The van der Waals surface area contributed by atoms with Gasteiger partial charge in [-0.2, -0.15) is 13.2 Å². The Morgan fingerprint density at radius 3 is 2.71 bits per heavy atom. The summed E-state index contributed by atoms with van der Waals surface area (Å²) in [5, 5.41) is 5.83. The van der Waals surface area contributed by atoms with Gasteiger partial charge < -0.3 is 15.4 Å². The number of alkyl halides is 3. The standard InChI is InChI=1S/C15H18F4N2O2.ClH/c16-10-4-5-13(23-9-15(17,18)19)12(7-10)14(22)21-8-11-3-1-2-6-20-11;/h4-5,7,11,20H,1-3,6,8-9H2,(H,21,22);1H. The van der Waals surface area contributed by atoms with Crippen molar-refractivity contribution in [3.05, 3.63) is 29.6 Å². The number of halogens is 5. The zero-order valence-corrected chi connectivity index (χ0v) is 13.6. The predicted molar refractivity (Wildman–Crippen MR) is 83.2 cm³/mol. The Labute approximate surface area is 143 Å². The molecule has 9 heteroatoms. The number of rotatable bonds is 5. The Morgan fingerprint density at radius 1 is 1.33 bits per heavy atom. The summed E-state index contributed by atoms with van der Waals surface area (Å²) < 4.78 is 54.6. The number of benzene rings is 1. The molecule has 2 N–H and O–H groups in total. The largest absolute Gasteiger partial charge is 0.483 e. The first-order chi connectivity index (χ1) is 10.8. The minimum atomic E-state index is -4.53. The van der Waals surface area contributed by atoms with Crippen LogP contribution >= 0.6 is 12.4 Å². The summed E-state index contributed by atoms with van der Waals surface area (Å²) in [6.07, 6.45) is -1.51. The molecule has 0 spiro atoms. The molecule has 1 aliphatic rings. The maximum atomic E-state index is 13.3. The van der Waals surface area contributed by atoms with Crippen LogP contribution in [0.15, 0.2) is 18.2 Å². The van der Waals surface area contributed by atoms with Crippen molar-refractivity contribution in [2.24, 2.45) is 0 Å². The molecule has 1 atom stereocenters. The third kappa shape index (κ3) is 6.52.